The fourth-order valence-electron chi connectivity index (χ4n) is 6.06. The third-order valence-corrected chi connectivity index (χ3v) is 8.26. The Hall–Kier alpha value is -3.50. The molecule has 7 heteroatoms. The first-order valence-electron chi connectivity index (χ1n) is 13.8. The molecule has 2 aliphatic heterocycles. The van der Waals surface area contributed by atoms with Crippen LogP contribution in [0.5, 0.6) is 0 Å². The summed E-state index contributed by atoms with van der Waals surface area (Å²) in [5.74, 6) is 1.69. The fourth-order valence-corrected chi connectivity index (χ4v) is 6.06. The number of piperidine rings is 1. The molecular weight excluding hydrogens is 502 g/mol. The number of nitrogens with zero attached hydrogens (tertiary/aromatic N) is 5. The summed E-state index contributed by atoms with van der Waals surface area (Å²) in [4.78, 5) is 24.8. The average Bonchev–Trinajstić information content (AvgIpc) is 2.95. The second kappa shape index (κ2) is 12.6. The van der Waals surface area contributed by atoms with Gasteiger partial charge >= 0.3 is 0 Å². The number of aromatic nitrogens is 1. The van der Waals surface area contributed by atoms with Crippen molar-refractivity contribution in [3.63, 3.8) is 0 Å². The number of carbonyl (C=O) groups excluding carboxylic acids is 1. The summed E-state index contributed by atoms with van der Waals surface area (Å²) in [6.45, 7) is 10.5. The molecule has 1 atom stereocenters. The van der Waals surface area contributed by atoms with E-state index in [9.17, 15) is 10.1 Å². The lowest BCUT2D eigenvalue weighted by Gasteiger charge is -2.40. The maximum Gasteiger partial charge on any atom is 0.254 e. The molecule has 2 aliphatic rings. The molecule has 0 aliphatic carbocycles. The molecule has 3 heterocycles. The van der Waals surface area contributed by atoms with E-state index in [1.807, 2.05) is 47.5 Å². The molecule has 204 valence electrons. The van der Waals surface area contributed by atoms with Crippen LogP contribution in [-0.2, 0) is 6.42 Å². The molecule has 0 radical (unpaired) electrons. The monoisotopic (exact) mass is 541 g/mol. The summed E-state index contributed by atoms with van der Waals surface area (Å²) in [5, 5.41) is 9.48. The SMILES string of the molecule is Cc1cc(C)c(C(=O)N2CCN(c3ccccn3)[C@@H](C)C2)cc1CC1CCN(c2ccccc2C#N)CC1.S. The quantitative estimate of drug-likeness (QED) is 0.427. The van der Waals surface area contributed by atoms with Crippen LogP contribution in [0.15, 0.2) is 60.8 Å². The lowest BCUT2D eigenvalue weighted by atomic mass is 9.86. The van der Waals surface area contributed by atoms with Crippen molar-refractivity contribution >= 4 is 30.9 Å². The van der Waals surface area contributed by atoms with Gasteiger partial charge in [0.25, 0.3) is 5.91 Å². The van der Waals surface area contributed by atoms with Gasteiger partial charge in [-0.25, -0.2) is 4.98 Å². The highest BCUT2D eigenvalue weighted by atomic mass is 32.1. The van der Waals surface area contributed by atoms with Crippen LogP contribution in [0.3, 0.4) is 0 Å². The van der Waals surface area contributed by atoms with Crippen LogP contribution in [0, 0.1) is 31.1 Å². The number of piperazine rings is 1. The summed E-state index contributed by atoms with van der Waals surface area (Å²) in [6, 6.07) is 20.8. The zero-order chi connectivity index (χ0) is 26.6. The van der Waals surface area contributed by atoms with Crippen molar-refractivity contribution in [1.82, 2.24) is 9.88 Å². The van der Waals surface area contributed by atoms with Gasteiger partial charge in [-0.3, -0.25) is 4.79 Å². The summed E-state index contributed by atoms with van der Waals surface area (Å²) in [5.41, 5.74) is 6.24. The maximum absolute atomic E-state index is 13.7. The number of benzene rings is 2. The summed E-state index contributed by atoms with van der Waals surface area (Å²) in [7, 11) is 0. The molecular formula is C32H39N5OS. The van der Waals surface area contributed by atoms with Gasteiger partial charge in [0.05, 0.1) is 11.3 Å². The van der Waals surface area contributed by atoms with E-state index < -0.39 is 0 Å². The maximum atomic E-state index is 13.7. The molecule has 2 aromatic carbocycles. The number of pyridine rings is 1. The number of amides is 1. The smallest absolute Gasteiger partial charge is 0.254 e. The van der Waals surface area contributed by atoms with Gasteiger partial charge in [0, 0.05) is 50.5 Å². The van der Waals surface area contributed by atoms with Gasteiger partial charge < -0.3 is 14.7 Å². The van der Waals surface area contributed by atoms with Gasteiger partial charge in [-0.15, -0.1) is 0 Å². The number of rotatable bonds is 5. The molecule has 0 bridgehead atoms. The standard InChI is InChI=1S/C32H37N5O.H2S/c1-23-18-24(2)29(32(38)36-16-17-37(25(3)22-36)31-10-6-7-13-34-31)20-28(23)19-26-11-14-35(15-12-26)30-9-5-4-8-27(30)21-33;/h4-10,13,18,20,25-26H,11-12,14-17,19,22H2,1-3H3;1H2/t25-;/m0./s1. The highest BCUT2D eigenvalue weighted by Gasteiger charge is 2.29. The Kier molecular flexibility index (Phi) is 9.19. The Morgan fingerprint density at radius 3 is 2.44 bits per heavy atom. The third kappa shape index (κ3) is 6.23. The van der Waals surface area contributed by atoms with Crippen LogP contribution >= 0.6 is 13.5 Å². The van der Waals surface area contributed by atoms with E-state index in [0.29, 0.717) is 19.0 Å². The number of hydrogen-bond acceptors (Lipinski definition) is 5. The van der Waals surface area contributed by atoms with Gasteiger partial charge in [-0.1, -0.05) is 24.3 Å². The van der Waals surface area contributed by atoms with Gasteiger partial charge in [0.1, 0.15) is 11.9 Å². The van der Waals surface area contributed by atoms with Crippen LogP contribution in [0.2, 0.25) is 0 Å². The largest absolute Gasteiger partial charge is 0.370 e. The molecule has 0 N–H and O–H groups in total. The van der Waals surface area contributed by atoms with Crippen molar-refractivity contribution in [1.29, 1.82) is 5.26 Å². The summed E-state index contributed by atoms with van der Waals surface area (Å²) < 4.78 is 0. The van der Waals surface area contributed by atoms with E-state index in [1.54, 1.807) is 0 Å². The number of hydrogen-bond donors (Lipinski definition) is 0. The van der Waals surface area contributed by atoms with Crippen LogP contribution in [0.4, 0.5) is 11.5 Å². The highest BCUT2D eigenvalue weighted by Crippen LogP contribution is 2.30. The topological polar surface area (TPSA) is 63.5 Å². The fraction of sp³-hybridized carbons (Fsp3) is 0.406. The number of nitriles is 1. The Bertz CT molecular complexity index is 1330. The Balaban J connectivity index is 0.00000353. The van der Waals surface area contributed by atoms with Crippen molar-refractivity contribution in [2.45, 2.75) is 46.1 Å². The average molecular weight is 542 g/mol. The van der Waals surface area contributed by atoms with Crippen molar-refractivity contribution in [2.24, 2.45) is 5.92 Å². The lowest BCUT2D eigenvalue weighted by molar-refractivity contribution is 0.0725. The van der Waals surface area contributed by atoms with Crippen LogP contribution < -0.4 is 9.80 Å². The number of para-hydroxylation sites is 1. The number of aryl methyl sites for hydroxylation is 2. The van der Waals surface area contributed by atoms with E-state index in [1.165, 1.54) is 11.1 Å². The number of carbonyl (C=O) groups is 1. The molecule has 0 saturated carbocycles. The van der Waals surface area contributed by atoms with E-state index in [4.69, 9.17) is 0 Å². The zero-order valence-electron chi connectivity index (χ0n) is 23.2. The molecule has 0 spiro atoms. The second-order valence-electron chi connectivity index (χ2n) is 10.8. The molecule has 1 aromatic heterocycles. The first-order chi connectivity index (χ1) is 18.4. The van der Waals surface area contributed by atoms with Crippen LogP contribution in [0.25, 0.3) is 0 Å². The molecule has 2 fully saturated rings. The van der Waals surface area contributed by atoms with Crippen molar-refractivity contribution in [3.05, 3.63) is 88.6 Å². The molecule has 3 aromatic rings. The predicted molar refractivity (Wildman–Crippen MR) is 163 cm³/mol. The first-order valence-corrected chi connectivity index (χ1v) is 13.8. The summed E-state index contributed by atoms with van der Waals surface area (Å²) >= 11 is 0. The van der Waals surface area contributed by atoms with Gasteiger partial charge in [-0.2, -0.15) is 18.8 Å². The number of anilines is 2. The molecule has 0 unspecified atom stereocenters. The zero-order valence-corrected chi connectivity index (χ0v) is 24.2. The predicted octanol–water partition coefficient (Wildman–Crippen LogP) is 5.49. The molecule has 2 saturated heterocycles. The molecule has 6 nitrogen and oxygen atoms in total. The van der Waals surface area contributed by atoms with Crippen LogP contribution in [-0.4, -0.2) is 54.6 Å². The van der Waals surface area contributed by atoms with E-state index in [-0.39, 0.29) is 25.4 Å². The van der Waals surface area contributed by atoms with Gasteiger partial charge in [0.15, 0.2) is 0 Å². The normalized spacial score (nSPS) is 17.9. The molecule has 1 amide bonds. The van der Waals surface area contributed by atoms with Crippen molar-refractivity contribution in [3.8, 4) is 6.07 Å². The minimum Gasteiger partial charge on any atom is -0.370 e. The van der Waals surface area contributed by atoms with E-state index in [0.717, 1.165) is 67.1 Å². The van der Waals surface area contributed by atoms with E-state index >= 15 is 0 Å². The first kappa shape index (κ1) is 28.5. The highest BCUT2D eigenvalue weighted by molar-refractivity contribution is 7.59. The van der Waals surface area contributed by atoms with E-state index in [2.05, 4.69) is 59.8 Å². The lowest BCUT2D eigenvalue weighted by Crippen LogP contribution is -2.54. The van der Waals surface area contributed by atoms with Crippen molar-refractivity contribution in [2.75, 3.05) is 42.5 Å². The van der Waals surface area contributed by atoms with Gasteiger partial charge in [0.2, 0.25) is 0 Å². The van der Waals surface area contributed by atoms with Crippen LogP contribution in [0.1, 0.15) is 52.4 Å². The molecule has 39 heavy (non-hydrogen) atoms. The summed E-state index contributed by atoms with van der Waals surface area (Å²) in [6.07, 6.45) is 4.99. The second-order valence-corrected chi connectivity index (χ2v) is 10.8. The molecule has 5 rings (SSSR count). The minimum absolute atomic E-state index is 0. The third-order valence-electron chi connectivity index (χ3n) is 8.26. The Morgan fingerprint density at radius 1 is 1.00 bits per heavy atom. The Morgan fingerprint density at radius 2 is 1.74 bits per heavy atom. The minimum atomic E-state index is 0. The van der Waals surface area contributed by atoms with Crippen molar-refractivity contribution < 1.29 is 4.79 Å². The van der Waals surface area contributed by atoms with Gasteiger partial charge in [-0.05, 0) is 93.0 Å². The Labute approximate surface area is 239 Å².